The third-order valence-corrected chi connectivity index (χ3v) is 7.48. The average molecular weight is 509 g/mol. The van der Waals surface area contributed by atoms with E-state index in [1.165, 1.54) is 6.33 Å². The molecule has 1 unspecified atom stereocenters. The van der Waals surface area contributed by atoms with E-state index in [-0.39, 0.29) is 24.1 Å². The Hall–Kier alpha value is -3.42. The lowest BCUT2D eigenvalue weighted by atomic mass is 9.97. The van der Waals surface area contributed by atoms with E-state index in [0.717, 1.165) is 16.8 Å². The fourth-order valence-corrected chi connectivity index (χ4v) is 5.50. The van der Waals surface area contributed by atoms with Crippen LogP contribution in [0.25, 0.3) is 11.0 Å². The lowest BCUT2D eigenvalue weighted by Gasteiger charge is -2.45. The zero-order valence-corrected chi connectivity index (χ0v) is 21.6. The average Bonchev–Trinajstić information content (AvgIpc) is 3.06. The van der Waals surface area contributed by atoms with E-state index in [1.54, 1.807) is 10.7 Å². The molecule has 0 radical (unpaired) electrons. The van der Waals surface area contributed by atoms with Gasteiger partial charge < -0.3 is 15.4 Å². The minimum Gasteiger partial charge on any atom is -0.489 e. The summed E-state index contributed by atoms with van der Waals surface area (Å²) in [6.45, 7) is 10.3. The second-order valence-corrected chi connectivity index (χ2v) is 9.98. The molecule has 2 aliphatic heterocycles. The number of anilines is 1. The van der Waals surface area contributed by atoms with Gasteiger partial charge >= 0.3 is 0 Å². The first-order valence-electron chi connectivity index (χ1n) is 12.1. The van der Waals surface area contributed by atoms with Gasteiger partial charge in [0.1, 0.15) is 30.1 Å². The van der Waals surface area contributed by atoms with Crippen molar-refractivity contribution in [3.8, 4) is 11.8 Å². The zero-order valence-electron chi connectivity index (χ0n) is 20.8. The van der Waals surface area contributed by atoms with Crippen molar-refractivity contribution in [2.45, 2.75) is 58.8 Å². The minimum atomic E-state index is -0.297. The molecule has 2 atom stereocenters. The van der Waals surface area contributed by atoms with Crippen LogP contribution in [0.2, 0.25) is 5.02 Å². The molecule has 0 aliphatic carbocycles. The molecule has 4 heterocycles. The second-order valence-electron chi connectivity index (χ2n) is 9.57. The highest BCUT2D eigenvalue weighted by Gasteiger charge is 2.38. The maximum absolute atomic E-state index is 12.1. The van der Waals surface area contributed by atoms with Crippen LogP contribution < -0.4 is 10.5 Å². The first kappa shape index (κ1) is 24.3. The van der Waals surface area contributed by atoms with Crippen LogP contribution in [-0.4, -0.2) is 67.2 Å². The SMILES string of the molecule is CCC(=O)N1CC(N2Cc3c(C#N)c(Cl)cc(C(C)n4nc(C)c5c(N)ncnc54)c3O[C@H](C)C2)C1. The van der Waals surface area contributed by atoms with Crippen LogP contribution >= 0.6 is 11.6 Å². The number of carbonyl (C=O) groups excluding carboxylic acids is 1. The van der Waals surface area contributed by atoms with Crippen molar-refractivity contribution in [2.75, 3.05) is 25.4 Å². The van der Waals surface area contributed by atoms with Crippen molar-refractivity contribution in [1.29, 1.82) is 5.26 Å². The maximum atomic E-state index is 12.1. The molecule has 10 nitrogen and oxygen atoms in total. The third kappa shape index (κ3) is 3.92. The lowest BCUT2D eigenvalue weighted by molar-refractivity contribution is -0.138. The van der Waals surface area contributed by atoms with Crippen LogP contribution in [0.5, 0.6) is 5.75 Å². The van der Waals surface area contributed by atoms with E-state index >= 15 is 0 Å². The lowest BCUT2D eigenvalue weighted by Crippen LogP contribution is -2.61. The molecule has 1 aromatic carbocycles. The minimum absolute atomic E-state index is 0.130. The van der Waals surface area contributed by atoms with Crippen LogP contribution in [0.1, 0.15) is 55.6 Å². The quantitative estimate of drug-likeness (QED) is 0.569. The van der Waals surface area contributed by atoms with Gasteiger partial charge in [-0.15, -0.1) is 0 Å². The smallest absolute Gasteiger partial charge is 0.222 e. The highest BCUT2D eigenvalue weighted by molar-refractivity contribution is 6.32. The van der Waals surface area contributed by atoms with Crippen LogP contribution in [-0.2, 0) is 11.3 Å². The number of halogens is 1. The van der Waals surface area contributed by atoms with E-state index in [2.05, 4.69) is 20.9 Å². The van der Waals surface area contributed by atoms with Crippen molar-refractivity contribution in [3.05, 3.63) is 39.8 Å². The molecule has 3 aromatic rings. The monoisotopic (exact) mass is 508 g/mol. The van der Waals surface area contributed by atoms with Crippen molar-refractivity contribution in [3.63, 3.8) is 0 Å². The van der Waals surface area contributed by atoms with E-state index in [9.17, 15) is 10.1 Å². The molecule has 36 heavy (non-hydrogen) atoms. The van der Waals surface area contributed by atoms with Crippen LogP contribution in [0.15, 0.2) is 12.4 Å². The number of carbonyl (C=O) groups is 1. The summed E-state index contributed by atoms with van der Waals surface area (Å²) in [7, 11) is 0. The summed E-state index contributed by atoms with van der Waals surface area (Å²) in [4.78, 5) is 24.8. The molecule has 0 bridgehead atoms. The predicted octanol–water partition coefficient (Wildman–Crippen LogP) is 3.06. The molecule has 1 amide bonds. The summed E-state index contributed by atoms with van der Waals surface area (Å²) in [6.07, 6.45) is 1.80. The van der Waals surface area contributed by atoms with Gasteiger partial charge in [-0.3, -0.25) is 9.69 Å². The van der Waals surface area contributed by atoms with Crippen LogP contribution in [0.3, 0.4) is 0 Å². The third-order valence-electron chi connectivity index (χ3n) is 7.19. The molecule has 1 saturated heterocycles. The topological polar surface area (TPSA) is 126 Å². The number of benzene rings is 1. The molecule has 1 fully saturated rings. The standard InChI is InChI=1S/C25H29ClN8O2/c1-5-21(35)33-9-16(10-33)32-8-13(2)36-23-17(6-20(26)18(7-27)19(23)11-32)15(4)34-25-22(14(3)31-34)24(28)29-12-30-25/h6,12-13,15-16H,5,8-11H2,1-4H3,(H2,28,29,30)/t13-,15?/m1/s1. The Bertz CT molecular complexity index is 1390. The Morgan fingerprint density at radius 1 is 1.36 bits per heavy atom. The molecule has 2 N–H and O–H groups in total. The molecule has 0 saturated carbocycles. The summed E-state index contributed by atoms with van der Waals surface area (Å²) >= 11 is 6.67. The van der Waals surface area contributed by atoms with Gasteiger partial charge in [-0.05, 0) is 26.8 Å². The van der Waals surface area contributed by atoms with Gasteiger partial charge in [0.25, 0.3) is 0 Å². The highest BCUT2D eigenvalue weighted by Crippen LogP contribution is 2.41. The Kier molecular flexibility index (Phi) is 6.22. The molecule has 11 heteroatoms. The van der Waals surface area contributed by atoms with E-state index in [1.807, 2.05) is 32.6 Å². The van der Waals surface area contributed by atoms with Gasteiger partial charge in [0.2, 0.25) is 5.91 Å². The second kappa shape index (κ2) is 9.22. The number of amides is 1. The molecule has 2 aliphatic rings. The van der Waals surface area contributed by atoms with Crippen LogP contribution in [0.4, 0.5) is 5.82 Å². The van der Waals surface area contributed by atoms with Crippen molar-refractivity contribution in [1.82, 2.24) is 29.5 Å². The number of fused-ring (bicyclic) bond motifs is 2. The number of aryl methyl sites for hydroxylation is 1. The predicted molar refractivity (Wildman–Crippen MR) is 136 cm³/mol. The molecule has 0 spiro atoms. The van der Waals surface area contributed by atoms with Gasteiger partial charge in [-0.25, -0.2) is 14.6 Å². The van der Waals surface area contributed by atoms with Gasteiger partial charge in [0, 0.05) is 49.8 Å². The summed E-state index contributed by atoms with van der Waals surface area (Å²) in [5.41, 5.74) is 9.46. The Morgan fingerprint density at radius 3 is 2.81 bits per heavy atom. The summed E-state index contributed by atoms with van der Waals surface area (Å²) in [6, 6.07) is 3.99. The fourth-order valence-electron chi connectivity index (χ4n) is 5.23. The number of ether oxygens (including phenoxy) is 1. The summed E-state index contributed by atoms with van der Waals surface area (Å²) < 4.78 is 8.29. The Balaban J connectivity index is 1.57. The summed E-state index contributed by atoms with van der Waals surface area (Å²) in [5, 5.41) is 15.8. The molecule has 2 aromatic heterocycles. The number of nitrogens with two attached hydrogens (primary N) is 1. The fraction of sp³-hybridized carbons (Fsp3) is 0.480. The number of hydrogen-bond acceptors (Lipinski definition) is 8. The van der Waals surface area contributed by atoms with Crippen LogP contribution in [0, 0.1) is 18.3 Å². The Labute approximate surface area is 214 Å². The van der Waals surface area contributed by atoms with Crippen molar-refractivity contribution in [2.24, 2.45) is 0 Å². The van der Waals surface area contributed by atoms with Gasteiger partial charge in [-0.2, -0.15) is 10.4 Å². The Morgan fingerprint density at radius 2 is 2.11 bits per heavy atom. The first-order chi connectivity index (χ1) is 17.2. The van der Waals surface area contributed by atoms with Gasteiger partial charge in [0.15, 0.2) is 5.65 Å². The number of rotatable bonds is 4. The number of likely N-dealkylation sites (tertiary alicyclic amines) is 1. The largest absolute Gasteiger partial charge is 0.489 e. The van der Waals surface area contributed by atoms with E-state index in [4.69, 9.17) is 27.2 Å². The molecule has 188 valence electrons. The van der Waals surface area contributed by atoms with Crippen molar-refractivity contribution < 1.29 is 9.53 Å². The first-order valence-corrected chi connectivity index (χ1v) is 12.5. The summed E-state index contributed by atoms with van der Waals surface area (Å²) in [5.74, 6) is 1.20. The zero-order chi connectivity index (χ0) is 25.7. The van der Waals surface area contributed by atoms with Crippen molar-refractivity contribution >= 4 is 34.4 Å². The normalized spacial score (nSPS) is 19.2. The van der Waals surface area contributed by atoms with Gasteiger partial charge in [-0.1, -0.05) is 18.5 Å². The van der Waals surface area contributed by atoms with E-state index in [0.29, 0.717) is 65.8 Å². The van der Waals surface area contributed by atoms with E-state index < -0.39 is 0 Å². The number of nitriles is 1. The number of hydrogen-bond donors (Lipinski definition) is 1. The molecular weight excluding hydrogens is 480 g/mol. The molecular formula is C25H29ClN8O2. The maximum Gasteiger partial charge on any atom is 0.222 e. The van der Waals surface area contributed by atoms with Gasteiger partial charge in [0.05, 0.1) is 27.7 Å². The molecule has 5 rings (SSSR count). The highest BCUT2D eigenvalue weighted by atomic mass is 35.5. The number of nitrogens with zero attached hydrogens (tertiary/aromatic N) is 7. The number of nitrogen functional groups attached to an aromatic ring is 1. The number of aromatic nitrogens is 4.